The van der Waals surface area contributed by atoms with Crippen LogP contribution in [0.25, 0.3) is 0 Å². The van der Waals surface area contributed by atoms with Crippen LogP contribution in [0.4, 0.5) is 0 Å². The summed E-state index contributed by atoms with van der Waals surface area (Å²) in [7, 11) is 0. The number of carbonyl (C=O) groups excluding carboxylic acids is 1. The minimum absolute atomic E-state index is 0.0592. The fourth-order valence-electron chi connectivity index (χ4n) is 2.85. The number of hydrogen-bond donors (Lipinski definition) is 2. The minimum atomic E-state index is 0.0592. The van der Waals surface area contributed by atoms with Crippen molar-refractivity contribution in [1.29, 1.82) is 0 Å². The highest BCUT2D eigenvalue weighted by Gasteiger charge is 2.18. The van der Waals surface area contributed by atoms with Gasteiger partial charge in [-0.3, -0.25) is 4.79 Å². The van der Waals surface area contributed by atoms with Crippen molar-refractivity contribution in [2.45, 2.75) is 51.5 Å². The SMILES string of the molecule is Cc1ccsc1C(Cc1ccccc1)NC(=O)CCCCCCN. The van der Waals surface area contributed by atoms with Gasteiger partial charge in [0.15, 0.2) is 0 Å². The third kappa shape index (κ3) is 6.10. The highest BCUT2D eigenvalue weighted by Crippen LogP contribution is 2.27. The average molecular weight is 345 g/mol. The van der Waals surface area contributed by atoms with E-state index < -0.39 is 0 Å². The molecule has 4 heteroatoms. The lowest BCUT2D eigenvalue weighted by atomic mass is 10.0. The quantitative estimate of drug-likeness (QED) is 0.629. The summed E-state index contributed by atoms with van der Waals surface area (Å²) in [5.74, 6) is 0.150. The molecule has 0 bridgehead atoms. The molecular formula is C20H28N2OS. The summed E-state index contributed by atoms with van der Waals surface area (Å²) in [5, 5.41) is 5.35. The Hall–Kier alpha value is -1.65. The molecule has 1 heterocycles. The van der Waals surface area contributed by atoms with Crippen LogP contribution in [0.15, 0.2) is 41.8 Å². The van der Waals surface area contributed by atoms with E-state index in [1.54, 1.807) is 11.3 Å². The Morgan fingerprint density at radius 1 is 1.12 bits per heavy atom. The van der Waals surface area contributed by atoms with Crippen LogP contribution in [0.1, 0.15) is 54.1 Å². The number of carbonyl (C=O) groups is 1. The van der Waals surface area contributed by atoms with Gasteiger partial charge < -0.3 is 11.1 Å². The Kier molecular flexibility index (Phi) is 7.99. The van der Waals surface area contributed by atoms with Crippen molar-refractivity contribution in [3.63, 3.8) is 0 Å². The van der Waals surface area contributed by atoms with E-state index in [0.717, 1.165) is 38.6 Å². The minimum Gasteiger partial charge on any atom is -0.348 e. The van der Waals surface area contributed by atoms with Gasteiger partial charge in [0.1, 0.15) is 0 Å². The van der Waals surface area contributed by atoms with E-state index >= 15 is 0 Å². The van der Waals surface area contributed by atoms with E-state index in [1.807, 2.05) is 18.2 Å². The molecule has 1 atom stereocenters. The Balaban J connectivity index is 1.93. The zero-order chi connectivity index (χ0) is 17.2. The van der Waals surface area contributed by atoms with Crippen LogP contribution in [0.5, 0.6) is 0 Å². The lowest BCUT2D eigenvalue weighted by Crippen LogP contribution is -2.29. The van der Waals surface area contributed by atoms with Gasteiger partial charge in [0, 0.05) is 11.3 Å². The van der Waals surface area contributed by atoms with Gasteiger partial charge in [0.2, 0.25) is 5.91 Å². The van der Waals surface area contributed by atoms with Crippen LogP contribution in [0.2, 0.25) is 0 Å². The average Bonchev–Trinajstić information content (AvgIpc) is 3.01. The first-order valence-corrected chi connectivity index (χ1v) is 9.66. The first kappa shape index (κ1) is 18.7. The third-order valence-corrected chi connectivity index (χ3v) is 5.33. The summed E-state index contributed by atoms with van der Waals surface area (Å²) in [4.78, 5) is 13.6. The van der Waals surface area contributed by atoms with Crippen LogP contribution in [-0.4, -0.2) is 12.5 Å². The van der Waals surface area contributed by atoms with E-state index in [1.165, 1.54) is 16.0 Å². The van der Waals surface area contributed by atoms with E-state index in [0.29, 0.717) is 6.42 Å². The maximum Gasteiger partial charge on any atom is 0.220 e. The fourth-order valence-corrected chi connectivity index (χ4v) is 3.83. The van der Waals surface area contributed by atoms with Crippen molar-refractivity contribution < 1.29 is 4.79 Å². The van der Waals surface area contributed by atoms with Gasteiger partial charge in [0.05, 0.1) is 6.04 Å². The molecule has 0 fully saturated rings. The van der Waals surface area contributed by atoms with Crippen molar-refractivity contribution in [1.82, 2.24) is 5.32 Å². The van der Waals surface area contributed by atoms with Crippen LogP contribution >= 0.6 is 11.3 Å². The van der Waals surface area contributed by atoms with E-state index in [9.17, 15) is 4.79 Å². The number of benzene rings is 1. The molecule has 24 heavy (non-hydrogen) atoms. The highest BCUT2D eigenvalue weighted by molar-refractivity contribution is 7.10. The van der Waals surface area contributed by atoms with Gasteiger partial charge in [-0.25, -0.2) is 0 Å². The third-order valence-electron chi connectivity index (χ3n) is 4.19. The van der Waals surface area contributed by atoms with Gasteiger partial charge in [-0.2, -0.15) is 0 Å². The van der Waals surface area contributed by atoms with Crippen LogP contribution < -0.4 is 11.1 Å². The van der Waals surface area contributed by atoms with E-state index in [2.05, 4.69) is 35.8 Å². The van der Waals surface area contributed by atoms with Gasteiger partial charge in [-0.1, -0.05) is 43.2 Å². The number of nitrogens with one attached hydrogen (secondary N) is 1. The van der Waals surface area contributed by atoms with Crippen molar-refractivity contribution >= 4 is 17.2 Å². The molecule has 0 aliphatic heterocycles. The van der Waals surface area contributed by atoms with Crippen LogP contribution in [-0.2, 0) is 11.2 Å². The number of nitrogens with two attached hydrogens (primary N) is 1. The predicted octanol–water partition coefficient (Wildman–Crippen LogP) is 4.37. The van der Waals surface area contributed by atoms with Gasteiger partial charge in [0.25, 0.3) is 0 Å². The molecule has 1 aromatic heterocycles. The zero-order valence-corrected chi connectivity index (χ0v) is 15.3. The normalized spacial score (nSPS) is 12.1. The molecule has 2 rings (SSSR count). The Labute approximate surface area is 149 Å². The summed E-state index contributed by atoms with van der Waals surface area (Å²) < 4.78 is 0. The molecular weight excluding hydrogens is 316 g/mol. The largest absolute Gasteiger partial charge is 0.348 e. The lowest BCUT2D eigenvalue weighted by molar-refractivity contribution is -0.121. The molecule has 0 radical (unpaired) electrons. The van der Waals surface area contributed by atoms with Gasteiger partial charge >= 0.3 is 0 Å². The predicted molar refractivity (Wildman–Crippen MR) is 102 cm³/mol. The topological polar surface area (TPSA) is 55.1 Å². The second-order valence-electron chi connectivity index (χ2n) is 6.23. The maximum atomic E-state index is 12.4. The van der Waals surface area contributed by atoms with E-state index in [-0.39, 0.29) is 11.9 Å². The molecule has 0 saturated heterocycles. The highest BCUT2D eigenvalue weighted by atomic mass is 32.1. The number of unbranched alkanes of at least 4 members (excludes halogenated alkanes) is 3. The number of hydrogen-bond acceptors (Lipinski definition) is 3. The molecule has 1 aromatic carbocycles. The first-order valence-electron chi connectivity index (χ1n) is 8.78. The number of rotatable bonds is 10. The molecule has 1 amide bonds. The molecule has 130 valence electrons. The summed E-state index contributed by atoms with van der Waals surface area (Å²) in [5.41, 5.74) is 8.00. The monoisotopic (exact) mass is 344 g/mol. The number of amides is 1. The van der Waals surface area contributed by atoms with Crippen LogP contribution in [0, 0.1) is 6.92 Å². The summed E-state index contributed by atoms with van der Waals surface area (Å²) >= 11 is 1.73. The van der Waals surface area contributed by atoms with Crippen molar-refractivity contribution in [2.24, 2.45) is 5.73 Å². The first-order chi connectivity index (χ1) is 11.7. The summed E-state index contributed by atoms with van der Waals surface area (Å²) in [6, 6.07) is 12.5. The maximum absolute atomic E-state index is 12.4. The number of thiophene rings is 1. The standard InChI is InChI=1S/C20H28N2OS/c1-16-12-14-24-20(16)18(15-17-9-5-4-6-10-17)22-19(23)11-7-2-3-8-13-21/h4-6,9-10,12,14,18H,2-3,7-8,11,13,15,21H2,1H3,(H,22,23). The molecule has 0 aliphatic carbocycles. The van der Waals surface area contributed by atoms with Gasteiger partial charge in [-0.15, -0.1) is 11.3 Å². The Morgan fingerprint density at radius 3 is 2.54 bits per heavy atom. The number of aryl methyl sites for hydroxylation is 1. The second kappa shape index (κ2) is 10.3. The molecule has 2 aromatic rings. The summed E-state index contributed by atoms with van der Waals surface area (Å²) in [6.07, 6.45) is 5.61. The second-order valence-corrected chi connectivity index (χ2v) is 7.18. The molecule has 3 N–H and O–H groups in total. The van der Waals surface area contributed by atoms with Crippen molar-refractivity contribution in [3.05, 3.63) is 57.8 Å². The van der Waals surface area contributed by atoms with Crippen LogP contribution in [0.3, 0.4) is 0 Å². The van der Waals surface area contributed by atoms with Crippen molar-refractivity contribution in [2.75, 3.05) is 6.54 Å². The summed E-state index contributed by atoms with van der Waals surface area (Å²) in [6.45, 7) is 2.85. The molecule has 0 aliphatic rings. The fraction of sp³-hybridized carbons (Fsp3) is 0.450. The molecule has 0 saturated carbocycles. The zero-order valence-electron chi connectivity index (χ0n) is 14.5. The molecule has 0 spiro atoms. The Bertz CT molecular complexity index is 609. The van der Waals surface area contributed by atoms with Gasteiger partial charge in [-0.05, 0) is 55.3 Å². The van der Waals surface area contributed by atoms with E-state index in [4.69, 9.17) is 5.73 Å². The molecule has 3 nitrogen and oxygen atoms in total. The van der Waals surface area contributed by atoms with Crippen molar-refractivity contribution in [3.8, 4) is 0 Å². The lowest BCUT2D eigenvalue weighted by Gasteiger charge is -2.19. The smallest absolute Gasteiger partial charge is 0.220 e. The Morgan fingerprint density at radius 2 is 1.88 bits per heavy atom. The molecule has 1 unspecified atom stereocenters.